The highest BCUT2D eigenvalue weighted by Crippen LogP contribution is 2.36. The van der Waals surface area contributed by atoms with Gasteiger partial charge in [0.05, 0.1) is 18.2 Å². The highest BCUT2D eigenvalue weighted by atomic mass is 16.5. The molecule has 2 saturated heterocycles. The zero-order valence-corrected chi connectivity index (χ0v) is 13.9. The zero-order valence-electron chi connectivity index (χ0n) is 13.9. The van der Waals surface area contributed by atoms with Gasteiger partial charge in [-0.05, 0) is 25.2 Å². The van der Waals surface area contributed by atoms with Crippen LogP contribution in [-0.2, 0) is 16.6 Å². The molecule has 6 nitrogen and oxygen atoms in total. The summed E-state index contributed by atoms with van der Waals surface area (Å²) in [5, 5.41) is 4.22. The lowest BCUT2D eigenvalue weighted by molar-refractivity contribution is -0.139. The third-order valence-corrected chi connectivity index (χ3v) is 5.36. The molecule has 1 aromatic rings. The molecule has 3 aliphatic rings. The molecular formula is C17H26N4O2. The lowest BCUT2D eigenvalue weighted by Gasteiger charge is -2.36. The van der Waals surface area contributed by atoms with E-state index < -0.39 is 0 Å². The van der Waals surface area contributed by atoms with E-state index in [2.05, 4.69) is 10.00 Å². The zero-order chi connectivity index (χ0) is 15.8. The fourth-order valence-electron chi connectivity index (χ4n) is 3.81. The normalized spacial score (nSPS) is 29.2. The van der Waals surface area contributed by atoms with E-state index in [9.17, 15) is 4.79 Å². The number of piperazine rings is 1. The van der Waals surface area contributed by atoms with Gasteiger partial charge in [0.15, 0.2) is 0 Å². The summed E-state index contributed by atoms with van der Waals surface area (Å²) in [4.78, 5) is 17.5. The average molecular weight is 318 g/mol. The van der Waals surface area contributed by atoms with Gasteiger partial charge in [-0.1, -0.05) is 0 Å². The molecule has 6 heteroatoms. The molecule has 1 saturated carbocycles. The Morgan fingerprint density at radius 2 is 2.04 bits per heavy atom. The van der Waals surface area contributed by atoms with E-state index in [1.54, 1.807) is 4.68 Å². The van der Waals surface area contributed by atoms with Crippen molar-refractivity contribution in [2.45, 2.75) is 25.4 Å². The van der Waals surface area contributed by atoms with Crippen LogP contribution < -0.4 is 0 Å². The Bertz CT molecular complexity index is 561. The van der Waals surface area contributed by atoms with Crippen LogP contribution >= 0.6 is 0 Å². The van der Waals surface area contributed by atoms with Crippen molar-refractivity contribution in [1.29, 1.82) is 0 Å². The second-order valence-corrected chi connectivity index (χ2v) is 7.20. The van der Waals surface area contributed by atoms with Gasteiger partial charge < -0.3 is 9.64 Å². The summed E-state index contributed by atoms with van der Waals surface area (Å²) in [6.45, 7) is 5.66. The molecule has 0 bridgehead atoms. The van der Waals surface area contributed by atoms with Crippen molar-refractivity contribution < 1.29 is 9.53 Å². The molecule has 126 valence electrons. The number of amides is 1. The number of aromatic nitrogens is 2. The molecule has 0 aromatic carbocycles. The van der Waals surface area contributed by atoms with Crippen LogP contribution in [0.15, 0.2) is 12.4 Å². The number of ether oxygens (including phenoxy) is 1. The molecule has 0 unspecified atom stereocenters. The van der Waals surface area contributed by atoms with E-state index in [0.29, 0.717) is 6.61 Å². The van der Waals surface area contributed by atoms with Crippen LogP contribution in [0.5, 0.6) is 0 Å². The van der Waals surface area contributed by atoms with Crippen LogP contribution in [0.4, 0.5) is 0 Å². The number of aryl methyl sites for hydroxylation is 1. The number of carbonyl (C=O) groups excluding carboxylic acids is 1. The first-order chi connectivity index (χ1) is 11.2. The van der Waals surface area contributed by atoms with Crippen LogP contribution in [-0.4, -0.2) is 64.8 Å². The first-order valence-electron chi connectivity index (χ1n) is 8.82. The van der Waals surface area contributed by atoms with Gasteiger partial charge in [0, 0.05) is 58.1 Å². The quantitative estimate of drug-likeness (QED) is 0.833. The van der Waals surface area contributed by atoms with E-state index in [1.165, 1.54) is 19.4 Å². The number of hydrogen-bond acceptors (Lipinski definition) is 4. The Morgan fingerprint density at radius 1 is 1.26 bits per heavy atom. The Morgan fingerprint density at radius 3 is 2.70 bits per heavy atom. The fraction of sp³-hybridized carbons (Fsp3) is 0.765. The first-order valence-corrected chi connectivity index (χ1v) is 8.82. The Hall–Kier alpha value is -1.40. The molecule has 4 rings (SSSR count). The molecule has 2 atom stereocenters. The average Bonchev–Trinajstić information content (AvgIpc) is 3.07. The van der Waals surface area contributed by atoms with Crippen LogP contribution in [0.2, 0.25) is 0 Å². The SMILES string of the molecule is Cn1cc([C@H]2OCC[C@@H]2C(=O)N2CCN(CC3CC3)CC2)cn1. The van der Waals surface area contributed by atoms with Crippen LogP contribution in [0.25, 0.3) is 0 Å². The second-order valence-electron chi connectivity index (χ2n) is 7.20. The lowest BCUT2D eigenvalue weighted by Crippen LogP contribution is -2.51. The largest absolute Gasteiger partial charge is 0.373 e. The van der Waals surface area contributed by atoms with E-state index in [4.69, 9.17) is 4.74 Å². The van der Waals surface area contributed by atoms with Gasteiger partial charge in [-0.15, -0.1) is 0 Å². The number of carbonyl (C=O) groups is 1. The lowest BCUT2D eigenvalue weighted by atomic mass is 9.95. The predicted molar refractivity (Wildman–Crippen MR) is 85.8 cm³/mol. The second kappa shape index (κ2) is 6.24. The van der Waals surface area contributed by atoms with Crippen LogP contribution in [0.1, 0.15) is 30.9 Å². The molecule has 3 fully saturated rings. The van der Waals surface area contributed by atoms with Crippen molar-refractivity contribution in [3.8, 4) is 0 Å². The van der Waals surface area contributed by atoms with Crippen molar-refractivity contribution >= 4 is 5.91 Å². The molecule has 0 N–H and O–H groups in total. The van der Waals surface area contributed by atoms with Crippen LogP contribution in [0.3, 0.4) is 0 Å². The highest BCUT2D eigenvalue weighted by molar-refractivity contribution is 5.80. The minimum absolute atomic E-state index is 0.0471. The van der Waals surface area contributed by atoms with E-state index in [1.807, 2.05) is 24.3 Å². The Kier molecular flexibility index (Phi) is 4.11. The summed E-state index contributed by atoms with van der Waals surface area (Å²) >= 11 is 0. The summed E-state index contributed by atoms with van der Waals surface area (Å²) < 4.78 is 7.62. The Labute approximate surface area is 137 Å². The van der Waals surface area contributed by atoms with E-state index in [-0.39, 0.29) is 17.9 Å². The highest BCUT2D eigenvalue weighted by Gasteiger charge is 2.39. The summed E-state index contributed by atoms with van der Waals surface area (Å²) in [5.41, 5.74) is 1.02. The third kappa shape index (κ3) is 3.28. The number of nitrogens with zero attached hydrogens (tertiary/aromatic N) is 4. The van der Waals surface area contributed by atoms with Crippen molar-refractivity contribution in [2.75, 3.05) is 39.3 Å². The minimum atomic E-state index is -0.124. The maximum absolute atomic E-state index is 12.9. The number of hydrogen-bond donors (Lipinski definition) is 0. The molecule has 1 aliphatic carbocycles. The van der Waals surface area contributed by atoms with Crippen molar-refractivity contribution in [3.05, 3.63) is 18.0 Å². The molecule has 3 heterocycles. The molecule has 0 radical (unpaired) electrons. The molecule has 0 spiro atoms. The molecule has 2 aliphatic heterocycles. The summed E-state index contributed by atoms with van der Waals surface area (Å²) in [6, 6.07) is 0. The predicted octanol–water partition coefficient (Wildman–Crippen LogP) is 1.05. The molecule has 23 heavy (non-hydrogen) atoms. The monoisotopic (exact) mass is 318 g/mol. The Balaban J connectivity index is 1.36. The van der Waals surface area contributed by atoms with Gasteiger partial charge in [-0.25, -0.2) is 0 Å². The topological polar surface area (TPSA) is 50.6 Å². The summed E-state index contributed by atoms with van der Waals surface area (Å²) in [5.74, 6) is 1.15. The minimum Gasteiger partial charge on any atom is -0.373 e. The van der Waals surface area contributed by atoms with E-state index in [0.717, 1.165) is 44.1 Å². The molecular weight excluding hydrogens is 292 g/mol. The standard InChI is InChI=1S/C17H26N4O2/c1-19-12-14(10-18-19)16-15(4-9-23-16)17(22)21-7-5-20(6-8-21)11-13-2-3-13/h10,12-13,15-16H,2-9,11H2,1H3/t15-,16+/m0/s1. The summed E-state index contributed by atoms with van der Waals surface area (Å²) in [7, 11) is 1.90. The van der Waals surface area contributed by atoms with Crippen molar-refractivity contribution in [1.82, 2.24) is 19.6 Å². The van der Waals surface area contributed by atoms with Gasteiger partial charge in [0.2, 0.25) is 5.91 Å². The maximum Gasteiger partial charge on any atom is 0.228 e. The summed E-state index contributed by atoms with van der Waals surface area (Å²) in [6.07, 6.45) is 7.27. The van der Waals surface area contributed by atoms with Crippen molar-refractivity contribution in [2.24, 2.45) is 18.9 Å². The van der Waals surface area contributed by atoms with Gasteiger partial charge in [0.1, 0.15) is 0 Å². The third-order valence-electron chi connectivity index (χ3n) is 5.36. The molecule has 1 aromatic heterocycles. The molecule has 1 amide bonds. The van der Waals surface area contributed by atoms with Crippen LogP contribution in [0, 0.1) is 11.8 Å². The van der Waals surface area contributed by atoms with Gasteiger partial charge in [0.25, 0.3) is 0 Å². The van der Waals surface area contributed by atoms with Gasteiger partial charge in [-0.2, -0.15) is 5.10 Å². The fourth-order valence-corrected chi connectivity index (χ4v) is 3.81. The number of rotatable bonds is 4. The van der Waals surface area contributed by atoms with Crippen molar-refractivity contribution in [3.63, 3.8) is 0 Å². The maximum atomic E-state index is 12.9. The van der Waals surface area contributed by atoms with E-state index >= 15 is 0 Å². The van der Waals surface area contributed by atoms with Gasteiger partial charge in [-0.3, -0.25) is 14.4 Å². The van der Waals surface area contributed by atoms with Gasteiger partial charge >= 0.3 is 0 Å². The first kappa shape index (κ1) is 15.1. The smallest absolute Gasteiger partial charge is 0.228 e.